The molecule has 2 amide bonds. The van der Waals surface area contributed by atoms with Crippen LogP contribution in [0.25, 0.3) is 0 Å². The number of nitrogens with two attached hydrogens (primary N) is 1. The predicted molar refractivity (Wildman–Crippen MR) is 59.5 cm³/mol. The summed E-state index contributed by atoms with van der Waals surface area (Å²) >= 11 is 0. The maximum Gasteiger partial charge on any atom is 0.227 e. The van der Waals surface area contributed by atoms with E-state index in [2.05, 4.69) is 12.2 Å². The van der Waals surface area contributed by atoms with Crippen molar-refractivity contribution >= 4 is 11.8 Å². The number of piperidine rings is 1. The quantitative estimate of drug-likeness (QED) is 0.620. The van der Waals surface area contributed by atoms with Crippen LogP contribution in [0.4, 0.5) is 0 Å². The minimum absolute atomic E-state index is 0.0138. The van der Waals surface area contributed by atoms with E-state index in [4.69, 9.17) is 5.73 Å². The third-order valence-electron chi connectivity index (χ3n) is 3.61. The lowest BCUT2D eigenvalue weighted by Crippen LogP contribution is -2.50. The Morgan fingerprint density at radius 3 is 2.88 bits per heavy atom. The van der Waals surface area contributed by atoms with Gasteiger partial charge in [0, 0.05) is 32.1 Å². The Morgan fingerprint density at radius 2 is 2.31 bits per heavy atom. The first-order chi connectivity index (χ1) is 7.58. The Hall–Kier alpha value is -1.10. The second-order valence-electron chi connectivity index (χ2n) is 4.92. The van der Waals surface area contributed by atoms with Crippen LogP contribution in [0, 0.1) is 11.8 Å². The van der Waals surface area contributed by atoms with Gasteiger partial charge in [-0.25, -0.2) is 0 Å². The van der Waals surface area contributed by atoms with Crippen molar-refractivity contribution in [1.29, 1.82) is 0 Å². The largest absolute Gasteiger partial charge is 0.355 e. The van der Waals surface area contributed by atoms with Gasteiger partial charge in [-0.3, -0.25) is 9.59 Å². The maximum absolute atomic E-state index is 12.1. The normalized spacial score (nSPS) is 35.0. The molecular formula is C11H19N3O2. The molecule has 0 radical (unpaired) electrons. The van der Waals surface area contributed by atoms with Crippen LogP contribution in [0.15, 0.2) is 0 Å². The molecule has 0 bridgehead atoms. The first-order valence-corrected chi connectivity index (χ1v) is 5.89. The molecule has 0 saturated carbocycles. The second kappa shape index (κ2) is 4.41. The highest BCUT2D eigenvalue weighted by molar-refractivity contribution is 5.89. The first-order valence-electron chi connectivity index (χ1n) is 5.89. The van der Waals surface area contributed by atoms with Gasteiger partial charge in [-0.05, 0) is 12.3 Å². The van der Waals surface area contributed by atoms with E-state index < -0.39 is 0 Å². The second-order valence-corrected chi connectivity index (χ2v) is 4.92. The highest BCUT2D eigenvalue weighted by Gasteiger charge is 2.34. The van der Waals surface area contributed by atoms with Crippen LogP contribution in [0.3, 0.4) is 0 Å². The monoisotopic (exact) mass is 225 g/mol. The van der Waals surface area contributed by atoms with Crippen LogP contribution in [0.5, 0.6) is 0 Å². The van der Waals surface area contributed by atoms with Crippen LogP contribution in [0.2, 0.25) is 0 Å². The molecule has 0 spiro atoms. The molecule has 0 aromatic carbocycles. The summed E-state index contributed by atoms with van der Waals surface area (Å²) in [7, 11) is 0. The van der Waals surface area contributed by atoms with Gasteiger partial charge in [0.25, 0.3) is 0 Å². The minimum atomic E-state index is -0.158. The highest BCUT2D eigenvalue weighted by atomic mass is 16.2. The lowest BCUT2D eigenvalue weighted by molar-refractivity contribution is -0.137. The van der Waals surface area contributed by atoms with Gasteiger partial charge in [0.1, 0.15) is 0 Å². The molecule has 3 atom stereocenters. The van der Waals surface area contributed by atoms with Gasteiger partial charge in [0.05, 0.1) is 5.92 Å². The van der Waals surface area contributed by atoms with Crippen molar-refractivity contribution in [2.24, 2.45) is 17.6 Å². The van der Waals surface area contributed by atoms with Gasteiger partial charge < -0.3 is 16.0 Å². The van der Waals surface area contributed by atoms with Crippen molar-refractivity contribution in [1.82, 2.24) is 10.2 Å². The number of nitrogens with zero attached hydrogens (tertiary/aromatic N) is 1. The summed E-state index contributed by atoms with van der Waals surface area (Å²) in [6.45, 7) is 4.02. The van der Waals surface area contributed by atoms with Crippen LogP contribution >= 0.6 is 0 Å². The Bertz CT molecular complexity index is 306. The Kier molecular flexibility index (Phi) is 3.14. The average molecular weight is 225 g/mol. The fourth-order valence-corrected chi connectivity index (χ4v) is 2.40. The minimum Gasteiger partial charge on any atom is -0.355 e. The standard InChI is InChI=1S/C11H19N3O2/c1-7-6-14(3-2-9(7)12)11(16)8-4-10(15)13-5-8/h7-9H,2-6,12H2,1H3,(H,13,15). The molecule has 2 rings (SSSR count). The third-order valence-corrected chi connectivity index (χ3v) is 3.61. The lowest BCUT2D eigenvalue weighted by Gasteiger charge is -2.36. The average Bonchev–Trinajstić information content (AvgIpc) is 2.68. The molecule has 3 N–H and O–H groups in total. The fourth-order valence-electron chi connectivity index (χ4n) is 2.40. The molecule has 16 heavy (non-hydrogen) atoms. The summed E-state index contributed by atoms with van der Waals surface area (Å²) in [5, 5.41) is 2.70. The van der Waals surface area contributed by atoms with Gasteiger partial charge in [0.2, 0.25) is 11.8 Å². The van der Waals surface area contributed by atoms with Crippen molar-refractivity contribution < 1.29 is 9.59 Å². The lowest BCUT2D eigenvalue weighted by atomic mass is 9.93. The van der Waals surface area contributed by atoms with E-state index in [0.717, 1.165) is 19.5 Å². The molecule has 5 heteroatoms. The SMILES string of the molecule is CC1CN(C(=O)C2CNC(=O)C2)CCC1N. The van der Waals surface area contributed by atoms with Crippen LogP contribution in [-0.4, -0.2) is 42.4 Å². The Labute approximate surface area is 95.3 Å². The number of amides is 2. The van der Waals surface area contributed by atoms with Gasteiger partial charge in [-0.2, -0.15) is 0 Å². The fraction of sp³-hybridized carbons (Fsp3) is 0.818. The summed E-state index contributed by atoms with van der Waals surface area (Å²) in [5.74, 6) is 0.286. The predicted octanol–water partition coefficient (Wildman–Crippen LogP) is -0.682. The number of hydrogen-bond donors (Lipinski definition) is 2. The number of carbonyl (C=O) groups excluding carboxylic acids is 2. The van der Waals surface area contributed by atoms with Gasteiger partial charge in [-0.15, -0.1) is 0 Å². The maximum atomic E-state index is 12.1. The Morgan fingerprint density at radius 1 is 1.56 bits per heavy atom. The Balaban J connectivity index is 1.92. The van der Waals surface area contributed by atoms with E-state index in [9.17, 15) is 9.59 Å². The number of nitrogens with one attached hydrogen (secondary N) is 1. The molecule has 2 fully saturated rings. The van der Waals surface area contributed by atoms with E-state index in [1.807, 2.05) is 4.90 Å². The van der Waals surface area contributed by atoms with Crippen LogP contribution in [-0.2, 0) is 9.59 Å². The van der Waals surface area contributed by atoms with Crippen molar-refractivity contribution in [2.75, 3.05) is 19.6 Å². The molecule has 0 aromatic heterocycles. The van der Waals surface area contributed by atoms with Crippen molar-refractivity contribution in [3.05, 3.63) is 0 Å². The van der Waals surface area contributed by atoms with Crippen molar-refractivity contribution in [3.8, 4) is 0 Å². The van der Waals surface area contributed by atoms with Crippen molar-refractivity contribution in [2.45, 2.75) is 25.8 Å². The van der Waals surface area contributed by atoms with E-state index in [0.29, 0.717) is 18.9 Å². The molecule has 2 saturated heterocycles. The first kappa shape index (κ1) is 11.4. The summed E-state index contributed by atoms with van der Waals surface area (Å²) in [5.41, 5.74) is 5.91. The molecule has 90 valence electrons. The molecule has 3 unspecified atom stereocenters. The molecular weight excluding hydrogens is 206 g/mol. The molecule has 5 nitrogen and oxygen atoms in total. The highest BCUT2D eigenvalue weighted by Crippen LogP contribution is 2.19. The van der Waals surface area contributed by atoms with Gasteiger partial charge in [0.15, 0.2) is 0 Å². The molecule has 0 aliphatic carbocycles. The van der Waals surface area contributed by atoms with E-state index in [1.165, 1.54) is 0 Å². The smallest absolute Gasteiger partial charge is 0.227 e. The van der Waals surface area contributed by atoms with E-state index >= 15 is 0 Å². The molecule has 2 aliphatic rings. The van der Waals surface area contributed by atoms with Crippen LogP contribution in [0.1, 0.15) is 19.8 Å². The topological polar surface area (TPSA) is 75.4 Å². The number of rotatable bonds is 1. The third kappa shape index (κ3) is 2.19. The number of hydrogen-bond acceptors (Lipinski definition) is 3. The summed E-state index contributed by atoms with van der Waals surface area (Å²) < 4.78 is 0. The van der Waals surface area contributed by atoms with E-state index in [-0.39, 0.29) is 23.8 Å². The van der Waals surface area contributed by atoms with Crippen molar-refractivity contribution in [3.63, 3.8) is 0 Å². The van der Waals surface area contributed by atoms with Gasteiger partial charge in [-0.1, -0.05) is 6.92 Å². The summed E-state index contributed by atoms with van der Waals surface area (Å²) in [4.78, 5) is 25.0. The van der Waals surface area contributed by atoms with E-state index in [1.54, 1.807) is 0 Å². The zero-order valence-corrected chi connectivity index (χ0v) is 9.61. The summed E-state index contributed by atoms with van der Waals surface area (Å²) in [6, 6.07) is 0.201. The number of carbonyl (C=O) groups is 2. The molecule has 0 aromatic rings. The van der Waals surface area contributed by atoms with Gasteiger partial charge >= 0.3 is 0 Å². The molecule has 2 aliphatic heterocycles. The summed E-state index contributed by atoms with van der Waals surface area (Å²) in [6.07, 6.45) is 1.21. The molecule has 2 heterocycles. The zero-order valence-electron chi connectivity index (χ0n) is 9.61. The zero-order chi connectivity index (χ0) is 11.7. The van der Waals surface area contributed by atoms with Crippen LogP contribution < -0.4 is 11.1 Å². The number of likely N-dealkylation sites (tertiary alicyclic amines) is 1.